The number of carbonyl (C=O) groups is 1. The third-order valence-electron chi connectivity index (χ3n) is 3.79. The summed E-state index contributed by atoms with van der Waals surface area (Å²) >= 11 is 0. The van der Waals surface area contributed by atoms with Gasteiger partial charge in [-0.05, 0) is 43.2 Å². The highest BCUT2D eigenvalue weighted by molar-refractivity contribution is 5.96. The van der Waals surface area contributed by atoms with Gasteiger partial charge in [0.05, 0.1) is 24.6 Å². The monoisotopic (exact) mass is 349 g/mol. The molecule has 0 bridgehead atoms. The number of ether oxygens (including phenoxy) is 1. The van der Waals surface area contributed by atoms with Crippen molar-refractivity contribution in [2.24, 2.45) is 0 Å². The Kier molecular flexibility index (Phi) is 5.07. The quantitative estimate of drug-likeness (QED) is 0.678. The number of rotatable bonds is 5. The van der Waals surface area contributed by atoms with Crippen LogP contribution >= 0.6 is 0 Å². The van der Waals surface area contributed by atoms with Crippen molar-refractivity contribution in [1.29, 1.82) is 0 Å². The third kappa shape index (κ3) is 3.94. The fourth-order valence-corrected chi connectivity index (χ4v) is 2.43. The number of aryl methyl sites for hydroxylation is 2. The first-order valence-electron chi connectivity index (χ1n) is 8.05. The first-order valence-corrected chi connectivity index (χ1v) is 8.05. The Morgan fingerprint density at radius 1 is 1.04 bits per heavy atom. The minimum atomic E-state index is -0.427. The van der Waals surface area contributed by atoms with E-state index in [0.717, 1.165) is 16.8 Å². The van der Waals surface area contributed by atoms with Crippen molar-refractivity contribution >= 4 is 29.1 Å². The second-order valence-electron chi connectivity index (χ2n) is 5.77. The molecule has 2 aromatic carbocycles. The highest BCUT2D eigenvalue weighted by atomic mass is 16.5. The minimum Gasteiger partial charge on any atom is -0.465 e. The van der Waals surface area contributed by atoms with Gasteiger partial charge in [-0.15, -0.1) is 5.10 Å². The van der Waals surface area contributed by atoms with E-state index in [2.05, 4.69) is 25.8 Å². The first-order chi connectivity index (χ1) is 12.6. The second-order valence-corrected chi connectivity index (χ2v) is 5.77. The van der Waals surface area contributed by atoms with Gasteiger partial charge in [0.15, 0.2) is 5.82 Å². The summed E-state index contributed by atoms with van der Waals surface area (Å²) < 4.78 is 4.80. The van der Waals surface area contributed by atoms with Gasteiger partial charge in [0, 0.05) is 5.69 Å². The topological polar surface area (TPSA) is 89.0 Å². The number of anilines is 4. The van der Waals surface area contributed by atoms with E-state index in [1.807, 2.05) is 38.1 Å². The number of nitrogens with one attached hydrogen (secondary N) is 2. The maximum absolute atomic E-state index is 11.9. The van der Waals surface area contributed by atoms with Crippen LogP contribution in [-0.2, 0) is 4.74 Å². The molecular formula is C19H19N5O2. The van der Waals surface area contributed by atoms with Crippen LogP contribution in [0.25, 0.3) is 0 Å². The van der Waals surface area contributed by atoms with Crippen LogP contribution in [0.1, 0.15) is 21.5 Å². The van der Waals surface area contributed by atoms with Gasteiger partial charge in [-0.3, -0.25) is 0 Å². The summed E-state index contributed by atoms with van der Waals surface area (Å²) in [5.41, 5.74) is 4.12. The average Bonchev–Trinajstić information content (AvgIpc) is 2.65. The highest BCUT2D eigenvalue weighted by Gasteiger charge is 2.12. The molecule has 0 amide bonds. The molecule has 7 nitrogen and oxygen atoms in total. The average molecular weight is 349 g/mol. The molecular weight excluding hydrogens is 330 g/mol. The fraction of sp³-hybridized carbons (Fsp3) is 0.158. The molecule has 26 heavy (non-hydrogen) atoms. The van der Waals surface area contributed by atoms with Gasteiger partial charge in [-0.2, -0.15) is 10.1 Å². The molecule has 0 aliphatic heterocycles. The smallest absolute Gasteiger partial charge is 0.339 e. The van der Waals surface area contributed by atoms with Crippen LogP contribution in [0.3, 0.4) is 0 Å². The Bertz CT molecular complexity index is 943. The summed E-state index contributed by atoms with van der Waals surface area (Å²) in [6, 6.07) is 13.1. The number of hydrogen-bond acceptors (Lipinski definition) is 7. The van der Waals surface area contributed by atoms with Gasteiger partial charge in [0.1, 0.15) is 0 Å². The van der Waals surface area contributed by atoms with Crippen molar-refractivity contribution in [2.45, 2.75) is 13.8 Å². The molecule has 0 saturated heterocycles. The van der Waals surface area contributed by atoms with Gasteiger partial charge in [-0.1, -0.05) is 24.3 Å². The molecule has 0 saturated carbocycles. The van der Waals surface area contributed by atoms with E-state index in [4.69, 9.17) is 4.74 Å². The van der Waals surface area contributed by atoms with Crippen LogP contribution in [0.4, 0.5) is 23.1 Å². The van der Waals surface area contributed by atoms with Crippen molar-refractivity contribution in [3.63, 3.8) is 0 Å². The molecule has 0 unspecified atom stereocenters. The van der Waals surface area contributed by atoms with Crippen molar-refractivity contribution in [3.8, 4) is 0 Å². The Morgan fingerprint density at radius 3 is 2.65 bits per heavy atom. The predicted octanol–water partition coefficient (Wildman–Crippen LogP) is 3.76. The van der Waals surface area contributed by atoms with Crippen molar-refractivity contribution in [2.75, 3.05) is 17.7 Å². The molecule has 0 atom stereocenters. The molecule has 0 spiro atoms. The van der Waals surface area contributed by atoms with Crippen LogP contribution in [-0.4, -0.2) is 28.3 Å². The second kappa shape index (κ2) is 7.60. The molecule has 1 heterocycles. The summed E-state index contributed by atoms with van der Waals surface area (Å²) in [4.78, 5) is 16.3. The van der Waals surface area contributed by atoms with Gasteiger partial charge in [0.25, 0.3) is 0 Å². The number of aromatic nitrogens is 3. The van der Waals surface area contributed by atoms with E-state index in [0.29, 0.717) is 23.0 Å². The molecule has 1 aromatic heterocycles. The molecule has 3 aromatic rings. The van der Waals surface area contributed by atoms with E-state index in [1.165, 1.54) is 13.3 Å². The number of esters is 1. The van der Waals surface area contributed by atoms with Crippen LogP contribution in [0.15, 0.2) is 48.7 Å². The maximum Gasteiger partial charge on any atom is 0.339 e. The Hall–Kier alpha value is -3.48. The van der Waals surface area contributed by atoms with Crippen LogP contribution in [0.5, 0.6) is 0 Å². The summed E-state index contributed by atoms with van der Waals surface area (Å²) in [6.45, 7) is 4.02. The largest absolute Gasteiger partial charge is 0.465 e. The summed E-state index contributed by atoms with van der Waals surface area (Å²) in [5.74, 6) is 0.396. The lowest BCUT2D eigenvalue weighted by atomic mass is 10.1. The van der Waals surface area contributed by atoms with Crippen LogP contribution in [0, 0.1) is 13.8 Å². The van der Waals surface area contributed by atoms with Crippen LogP contribution < -0.4 is 10.6 Å². The van der Waals surface area contributed by atoms with Gasteiger partial charge in [-0.25, -0.2) is 4.79 Å². The van der Waals surface area contributed by atoms with Crippen LogP contribution in [0.2, 0.25) is 0 Å². The molecule has 132 valence electrons. The standard InChI is InChI=1S/C19H19N5O2/c1-12-8-9-13(2)16(10-12)22-19-23-17(11-20-24-19)21-15-7-5-4-6-14(15)18(25)26-3/h4-11H,1-3H3,(H2,21,22,23,24). The zero-order valence-corrected chi connectivity index (χ0v) is 14.8. The fourth-order valence-electron chi connectivity index (χ4n) is 2.43. The molecule has 0 fully saturated rings. The summed E-state index contributed by atoms with van der Waals surface area (Å²) in [6.07, 6.45) is 1.49. The minimum absolute atomic E-state index is 0.360. The summed E-state index contributed by atoms with van der Waals surface area (Å²) in [7, 11) is 1.34. The normalized spacial score (nSPS) is 10.3. The third-order valence-corrected chi connectivity index (χ3v) is 3.79. The lowest BCUT2D eigenvalue weighted by Gasteiger charge is -2.11. The van der Waals surface area contributed by atoms with E-state index in [-0.39, 0.29) is 0 Å². The van der Waals surface area contributed by atoms with E-state index in [1.54, 1.807) is 18.2 Å². The lowest BCUT2D eigenvalue weighted by Crippen LogP contribution is -2.07. The molecule has 2 N–H and O–H groups in total. The molecule has 3 rings (SSSR count). The van der Waals surface area contributed by atoms with E-state index < -0.39 is 5.97 Å². The van der Waals surface area contributed by atoms with Crippen molar-refractivity contribution in [3.05, 3.63) is 65.4 Å². The van der Waals surface area contributed by atoms with E-state index >= 15 is 0 Å². The number of nitrogens with zero attached hydrogens (tertiary/aromatic N) is 3. The maximum atomic E-state index is 11.9. The zero-order valence-electron chi connectivity index (χ0n) is 14.8. The Balaban J connectivity index is 1.85. The SMILES string of the molecule is COC(=O)c1ccccc1Nc1cnnc(Nc2cc(C)ccc2C)n1. The van der Waals surface area contributed by atoms with Gasteiger partial charge < -0.3 is 15.4 Å². The highest BCUT2D eigenvalue weighted by Crippen LogP contribution is 2.22. The number of benzene rings is 2. The molecule has 0 radical (unpaired) electrons. The van der Waals surface area contributed by atoms with E-state index in [9.17, 15) is 4.79 Å². The zero-order chi connectivity index (χ0) is 18.5. The summed E-state index contributed by atoms with van der Waals surface area (Å²) in [5, 5.41) is 14.2. The van der Waals surface area contributed by atoms with Crippen molar-refractivity contribution in [1.82, 2.24) is 15.2 Å². The molecule has 7 heteroatoms. The number of hydrogen-bond donors (Lipinski definition) is 2. The Labute approximate surface area is 151 Å². The lowest BCUT2D eigenvalue weighted by molar-refractivity contribution is 0.0602. The molecule has 0 aliphatic carbocycles. The van der Waals surface area contributed by atoms with Gasteiger partial charge in [0.2, 0.25) is 5.95 Å². The Morgan fingerprint density at radius 2 is 1.85 bits per heavy atom. The van der Waals surface area contributed by atoms with Gasteiger partial charge >= 0.3 is 5.97 Å². The number of methoxy groups -OCH3 is 1. The van der Waals surface area contributed by atoms with Crippen molar-refractivity contribution < 1.29 is 9.53 Å². The first kappa shape index (κ1) is 17.3. The molecule has 0 aliphatic rings. The number of carbonyl (C=O) groups excluding carboxylic acids is 1. The number of para-hydroxylation sites is 1. The predicted molar refractivity (Wildman–Crippen MR) is 100 cm³/mol.